The Kier molecular flexibility index (Phi) is 15.3. The van der Waals surface area contributed by atoms with E-state index in [0.717, 1.165) is 19.6 Å². The van der Waals surface area contributed by atoms with Gasteiger partial charge in [0.2, 0.25) is 0 Å². The van der Waals surface area contributed by atoms with Crippen LogP contribution in [0.15, 0.2) is 0 Å². The van der Waals surface area contributed by atoms with Gasteiger partial charge in [0.05, 0.1) is 0 Å². The van der Waals surface area contributed by atoms with Gasteiger partial charge in [-0.25, -0.2) is 0 Å². The molecule has 0 aromatic rings. The maximum Gasteiger partial charge on any atom is 0.157 e. The lowest BCUT2D eigenvalue weighted by Gasteiger charge is -2.16. The van der Waals surface area contributed by atoms with Crippen molar-refractivity contribution < 1.29 is 9.47 Å². The fourth-order valence-corrected chi connectivity index (χ4v) is 3.06. The zero-order chi connectivity index (χ0) is 13.5. The summed E-state index contributed by atoms with van der Waals surface area (Å²) in [4.78, 5) is 0. The van der Waals surface area contributed by atoms with Crippen molar-refractivity contribution in [3.05, 3.63) is 0 Å². The SMILES string of the molecule is CCOC(CCCCCCCCC[SiH2]C)OCC. The predicted octanol–water partition coefficient (Wildman–Crippen LogP) is 4.14. The van der Waals surface area contributed by atoms with Crippen molar-refractivity contribution in [3.8, 4) is 0 Å². The Bertz CT molecular complexity index is 147. The molecule has 0 heterocycles. The standard InChI is InChI=1S/C15H34O2Si/c1-4-16-15(17-5-2)13-11-9-7-6-8-10-12-14-18-3/h15H,4-14,18H2,1-3H3. The molecule has 0 aromatic carbocycles. The van der Waals surface area contributed by atoms with Gasteiger partial charge in [0.25, 0.3) is 0 Å². The van der Waals surface area contributed by atoms with E-state index >= 15 is 0 Å². The molecular formula is C15H34O2Si. The molecule has 2 nitrogen and oxygen atoms in total. The first-order chi connectivity index (χ1) is 8.85. The maximum atomic E-state index is 5.54. The van der Waals surface area contributed by atoms with Gasteiger partial charge in [0.1, 0.15) is 0 Å². The third-order valence-electron chi connectivity index (χ3n) is 3.25. The number of unbranched alkanes of at least 4 members (excludes halogenated alkanes) is 6. The minimum Gasteiger partial charge on any atom is -0.353 e. The summed E-state index contributed by atoms with van der Waals surface area (Å²) in [7, 11) is 0.319. The maximum absolute atomic E-state index is 5.54. The lowest BCUT2D eigenvalue weighted by Crippen LogP contribution is -2.17. The van der Waals surface area contributed by atoms with Gasteiger partial charge in [-0.15, -0.1) is 0 Å². The Morgan fingerprint density at radius 3 is 1.78 bits per heavy atom. The largest absolute Gasteiger partial charge is 0.353 e. The van der Waals surface area contributed by atoms with Gasteiger partial charge in [-0.3, -0.25) is 0 Å². The molecule has 18 heavy (non-hydrogen) atoms. The van der Waals surface area contributed by atoms with Crippen molar-refractivity contribution in [2.45, 2.75) is 84.1 Å². The van der Waals surface area contributed by atoms with Gasteiger partial charge < -0.3 is 9.47 Å². The van der Waals surface area contributed by atoms with Gasteiger partial charge in [-0.1, -0.05) is 51.1 Å². The first kappa shape index (κ1) is 18.1. The van der Waals surface area contributed by atoms with E-state index in [0.29, 0.717) is 9.52 Å². The molecule has 0 amide bonds. The highest BCUT2D eigenvalue weighted by atomic mass is 28.2. The van der Waals surface area contributed by atoms with E-state index in [2.05, 4.69) is 6.55 Å². The topological polar surface area (TPSA) is 18.5 Å². The van der Waals surface area contributed by atoms with Crippen molar-refractivity contribution in [2.24, 2.45) is 0 Å². The molecule has 110 valence electrons. The highest BCUT2D eigenvalue weighted by Gasteiger charge is 2.06. The van der Waals surface area contributed by atoms with Gasteiger partial charge in [0, 0.05) is 22.7 Å². The van der Waals surface area contributed by atoms with Crippen LogP contribution in [0.3, 0.4) is 0 Å². The third-order valence-corrected chi connectivity index (χ3v) is 4.46. The average molecular weight is 275 g/mol. The van der Waals surface area contributed by atoms with Crippen LogP contribution in [0.25, 0.3) is 0 Å². The Morgan fingerprint density at radius 2 is 1.28 bits per heavy atom. The molecule has 0 saturated heterocycles. The van der Waals surface area contributed by atoms with E-state index < -0.39 is 0 Å². The van der Waals surface area contributed by atoms with Crippen molar-refractivity contribution in [1.82, 2.24) is 0 Å². The minimum atomic E-state index is 0.0366. The van der Waals surface area contributed by atoms with E-state index in [1.165, 1.54) is 44.9 Å². The fraction of sp³-hybridized carbons (Fsp3) is 1.00. The molecule has 0 fully saturated rings. The highest BCUT2D eigenvalue weighted by molar-refractivity contribution is 6.33. The summed E-state index contributed by atoms with van der Waals surface area (Å²) < 4.78 is 11.1. The molecule has 0 aromatic heterocycles. The van der Waals surface area contributed by atoms with Crippen LogP contribution in [0.5, 0.6) is 0 Å². The Hall–Kier alpha value is 0.137. The first-order valence-electron chi connectivity index (χ1n) is 8.08. The molecule has 0 spiro atoms. The minimum absolute atomic E-state index is 0.0366. The van der Waals surface area contributed by atoms with Crippen molar-refractivity contribution >= 4 is 9.52 Å². The molecule has 0 atom stereocenters. The van der Waals surface area contributed by atoms with Gasteiger partial charge >= 0.3 is 0 Å². The zero-order valence-corrected chi connectivity index (χ0v) is 14.3. The van der Waals surface area contributed by atoms with E-state index in [1.807, 2.05) is 13.8 Å². The predicted molar refractivity (Wildman–Crippen MR) is 83.2 cm³/mol. The molecule has 0 N–H and O–H groups in total. The average Bonchev–Trinajstić information content (AvgIpc) is 2.37. The lowest BCUT2D eigenvalue weighted by atomic mass is 10.1. The highest BCUT2D eigenvalue weighted by Crippen LogP contribution is 2.12. The summed E-state index contributed by atoms with van der Waals surface area (Å²) in [6.07, 6.45) is 10.9. The van der Waals surface area contributed by atoms with Gasteiger partial charge in [-0.2, -0.15) is 0 Å². The fourth-order valence-electron chi connectivity index (χ4n) is 2.21. The summed E-state index contributed by atoms with van der Waals surface area (Å²) in [6, 6.07) is 1.55. The lowest BCUT2D eigenvalue weighted by molar-refractivity contribution is -0.140. The summed E-state index contributed by atoms with van der Waals surface area (Å²) in [5.74, 6) is 0. The third kappa shape index (κ3) is 12.6. The van der Waals surface area contributed by atoms with Crippen LogP contribution in [-0.4, -0.2) is 29.0 Å². The second-order valence-corrected chi connectivity index (χ2v) is 6.66. The molecule has 0 radical (unpaired) electrons. The molecule has 0 aliphatic rings. The summed E-state index contributed by atoms with van der Waals surface area (Å²) in [5, 5.41) is 0. The molecule has 0 saturated carbocycles. The van der Waals surface area contributed by atoms with E-state index in [9.17, 15) is 0 Å². The van der Waals surface area contributed by atoms with Crippen LogP contribution >= 0.6 is 0 Å². The van der Waals surface area contributed by atoms with Crippen LogP contribution in [0.4, 0.5) is 0 Å². The summed E-state index contributed by atoms with van der Waals surface area (Å²) >= 11 is 0. The normalized spacial score (nSPS) is 12.0. The second kappa shape index (κ2) is 15.2. The summed E-state index contributed by atoms with van der Waals surface area (Å²) in [5.41, 5.74) is 0. The molecule has 0 bridgehead atoms. The van der Waals surface area contributed by atoms with Crippen LogP contribution < -0.4 is 0 Å². The number of hydrogen-bond donors (Lipinski definition) is 0. The Labute approximate surface area is 117 Å². The molecule has 0 rings (SSSR count). The molecule has 0 aliphatic heterocycles. The second-order valence-electron chi connectivity index (χ2n) is 4.96. The summed E-state index contributed by atoms with van der Waals surface area (Å²) in [6.45, 7) is 7.99. The molecule has 3 heteroatoms. The molecule has 0 unspecified atom stereocenters. The van der Waals surface area contributed by atoms with Crippen LogP contribution in [0.2, 0.25) is 12.6 Å². The monoisotopic (exact) mass is 274 g/mol. The van der Waals surface area contributed by atoms with Crippen molar-refractivity contribution in [2.75, 3.05) is 13.2 Å². The number of ether oxygens (including phenoxy) is 2. The molecular weight excluding hydrogens is 240 g/mol. The van der Waals surface area contributed by atoms with Crippen LogP contribution in [0, 0.1) is 0 Å². The Balaban J connectivity index is 3.21. The van der Waals surface area contributed by atoms with E-state index in [4.69, 9.17) is 9.47 Å². The quantitative estimate of drug-likeness (QED) is 0.269. The van der Waals surface area contributed by atoms with Crippen LogP contribution in [-0.2, 0) is 9.47 Å². The number of rotatable bonds is 14. The number of hydrogen-bond acceptors (Lipinski definition) is 2. The van der Waals surface area contributed by atoms with E-state index in [1.54, 1.807) is 6.04 Å². The molecule has 0 aliphatic carbocycles. The van der Waals surface area contributed by atoms with Crippen molar-refractivity contribution in [1.29, 1.82) is 0 Å². The van der Waals surface area contributed by atoms with Gasteiger partial charge in [0.15, 0.2) is 6.29 Å². The smallest absolute Gasteiger partial charge is 0.157 e. The van der Waals surface area contributed by atoms with Crippen molar-refractivity contribution in [3.63, 3.8) is 0 Å². The van der Waals surface area contributed by atoms with Gasteiger partial charge in [-0.05, 0) is 26.7 Å². The van der Waals surface area contributed by atoms with E-state index in [-0.39, 0.29) is 6.29 Å². The Morgan fingerprint density at radius 1 is 0.778 bits per heavy atom. The first-order valence-corrected chi connectivity index (χ1v) is 10.5. The van der Waals surface area contributed by atoms with Crippen LogP contribution in [0.1, 0.15) is 65.2 Å². The zero-order valence-electron chi connectivity index (χ0n) is 12.9.